The van der Waals surface area contributed by atoms with Crippen molar-refractivity contribution in [2.75, 3.05) is 30.4 Å². The number of para-hydroxylation sites is 1. The molecule has 8 heteroatoms. The number of carbonyl (C=O) groups excluding carboxylic acids is 1. The fourth-order valence-corrected chi connectivity index (χ4v) is 4.02. The zero-order valence-corrected chi connectivity index (χ0v) is 18.6. The number of ether oxygens (including phenoxy) is 1. The van der Waals surface area contributed by atoms with Crippen LogP contribution in [0, 0.1) is 11.7 Å². The summed E-state index contributed by atoms with van der Waals surface area (Å²) in [7, 11) is 1.63. The number of nitrogens with one attached hydrogen (secondary N) is 1. The molecule has 0 unspecified atom stereocenters. The first-order chi connectivity index (χ1) is 15.0. The zero-order chi connectivity index (χ0) is 21.8. The van der Waals surface area contributed by atoms with Crippen molar-refractivity contribution in [1.29, 1.82) is 0 Å². The first-order valence-electron chi connectivity index (χ1n) is 10.0. The van der Waals surface area contributed by atoms with E-state index < -0.39 is 5.82 Å². The lowest BCUT2D eigenvalue weighted by Gasteiger charge is -2.31. The van der Waals surface area contributed by atoms with E-state index in [1.54, 1.807) is 19.2 Å². The van der Waals surface area contributed by atoms with Gasteiger partial charge in [-0.3, -0.25) is 4.79 Å². The lowest BCUT2D eigenvalue weighted by molar-refractivity contribution is -0.120. The predicted molar refractivity (Wildman–Crippen MR) is 122 cm³/mol. The topological polar surface area (TPSA) is 67.3 Å². The zero-order valence-electron chi connectivity index (χ0n) is 17.0. The molecule has 0 bridgehead atoms. The second-order valence-corrected chi connectivity index (χ2v) is 8.27. The number of carbonyl (C=O) groups is 1. The van der Waals surface area contributed by atoms with Crippen LogP contribution in [-0.4, -0.2) is 36.3 Å². The van der Waals surface area contributed by atoms with Crippen LogP contribution in [0.2, 0.25) is 0 Å². The Hall–Kier alpha value is -3.00. The molecule has 0 atom stereocenters. The second-order valence-electron chi connectivity index (χ2n) is 7.35. The molecule has 1 fully saturated rings. The number of hydrogen-bond donors (Lipinski definition) is 1. The van der Waals surface area contributed by atoms with Crippen LogP contribution in [-0.2, 0) is 4.79 Å². The molecule has 3 aromatic rings. The van der Waals surface area contributed by atoms with Crippen LogP contribution in [0.25, 0.3) is 11.3 Å². The van der Waals surface area contributed by atoms with Crippen molar-refractivity contribution in [2.24, 2.45) is 5.92 Å². The van der Waals surface area contributed by atoms with Gasteiger partial charge in [-0.15, -0.1) is 10.2 Å². The van der Waals surface area contributed by atoms with Crippen LogP contribution in [0.15, 0.2) is 59.1 Å². The molecule has 6 nitrogen and oxygen atoms in total. The third-order valence-electron chi connectivity index (χ3n) is 5.41. The number of piperidine rings is 1. The molecule has 1 aliphatic rings. The third kappa shape index (κ3) is 4.85. The van der Waals surface area contributed by atoms with Gasteiger partial charge in [-0.2, -0.15) is 0 Å². The van der Waals surface area contributed by atoms with Gasteiger partial charge in [0.25, 0.3) is 0 Å². The van der Waals surface area contributed by atoms with Gasteiger partial charge in [-0.25, -0.2) is 4.39 Å². The Balaban J connectivity index is 1.37. The molecule has 0 radical (unpaired) electrons. The predicted octanol–water partition coefficient (Wildman–Crippen LogP) is 4.91. The molecule has 0 spiro atoms. The van der Waals surface area contributed by atoms with Crippen LogP contribution < -0.4 is 15.0 Å². The largest absolute Gasteiger partial charge is 0.496 e. The molecule has 0 aliphatic carbocycles. The van der Waals surface area contributed by atoms with Gasteiger partial charge < -0.3 is 15.0 Å². The molecule has 2 aromatic carbocycles. The molecule has 0 saturated carbocycles. The maximum absolute atomic E-state index is 14.0. The number of benzene rings is 2. The number of methoxy groups -OCH3 is 1. The van der Waals surface area contributed by atoms with E-state index in [-0.39, 0.29) is 17.5 Å². The Morgan fingerprint density at radius 1 is 1.13 bits per heavy atom. The quantitative estimate of drug-likeness (QED) is 0.557. The van der Waals surface area contributed by atoms with E-state index in [0.29, 0.717) is 30.4 Å². The Bertz CT molecular complexity index is 1070. The first-order valence-corrected chi connectivity index (χ1v) is 10.8. The summed E-state index contributed by atoms with van der Waals surface area (Å²) in [5, 5.41) is 11.4. The van der Waals surface area contributed by atoms with Crippen molar-refractivity contribution in [2.45, 2.75) is 12.8 Å². The lowest BCUT2D eigenvalue weighted by atomic mass is 9.95. The van der Waals surface area contributed by atoms with Crippen molar-refractivity contribution in [3.63, 3.8) is 0 Å². The number of nitrogens with zero attached hydrogens (tertiary/aromatic N) is 3. The third-order valence-corrected chi connectivity index (χ3v) is 5.91. The normalized spacial score (nSPS) is 14.4. The number of hydrogen-bond acceptors (Lipinski definition) is 5. The van der Waals surface area contributed by atoms with Gasteiger partial charge in [0.1, 0.15) is 11.6 Å². The minimum Gasteiger partial charge on any atom is -0.496 e. The summed E-state index contributed by atoms with van der Waals surface area (Å²) in [6, 6.07) is 16.1. The fraction of sp³-hybridized carbons (Fsp3) is 0.261. The Labute approximate surface area is 188 Å². The summed E-state index contributed by atoms with van der Waals surface area (Å²) < 4.78 is 20.0. The maximum atomic E-state index is 14.0. The molecule has 1 aromatic heterocycles. The molecular formula is C23H22BrFN4O2. The molecule has 4 rings (SSSR count). The highest BCUT2D eigenvalue weighted by Gasteiger charge is 2.26. The van der Waals surface area contributed by atoms with Crippen molar-refractivity contribution in [3.05, 3.63) is 64.9 Å². The minimum absolute atomic E-state index is 0.154. The molecule has 31 heavy (non-hydrogen) atoms. The van der Waals surface area contributed by atoms with Gasteiger partial charge in [0.15, 0.2) is 5.82 Å². The number of halogens is 2. The smallest absolute Gasteiger partial charge is 0.227 e. The summed E-state index contributed by atoms with van der Waals surface area (Å²) in [6.07, 6.45) is 1.33. The maximum Gasteiger partial charge on any atom is 0.227 e. The second kappa shape index (κ2) is 9.43. The van der Waals surface area contributed by atoms with Crippen molar-refractivity contribution >= 4 is 33.3 Å². The lowest BCUT2D eigenvalue weighted by Crippen LogP contribution is -2.38. The highest BCUT2D eigenvalue weighted by molar-refractivity contribution is 9.10. The average Bonchev–Trinajstić information content (AvgIpc) is 2.81. The molecule has 160 valence electrons. The summed E-state index contributed by atoms with van der Waals surface area (Å²) in [5.41, 5.74) is 1.83. The van der Waals surface area contributed by atoms with Gasteiger partial charge in [0.05, 0.1) is 18.5 Å². The summed E-state index contributed by atoms with van der Waals surface area (Å²) in [6.45, 7) is 1.37. The average molecular weight is 485 g/mol. The molecule has 2 heterocycles. The molecular weight excluding hydrogens is 463 g/mol. The number of rotatable bonds is 5. The Morgan fingerprint density at radius 3 is 2.58 bits per heavy atom. The van der Waals surface area contributed by atoms with E-state index in [0.717, 1.165) is 22.8 Å². The molecule has 1 saturated heterocycles. The van der Waals surface area contributed by atoms with Gasteiger partial charge in [0, 0.05) is 29.0 Å². The number of anilines is 2. The molecule has 1 amide bonds. The molecule has 1 N–H and O–H groups in total. The van der Waals surface area contributed by atoms with E-state index in [9.17, 15) is 9.18 Å². The number of amides is 1. The van der Waals surface area contributed by atoms with Crippen molar-refractivity contribution in [1.82, 2.24) is 10.2 Å². The SMILES string of the molecule is COc1ccccc1-c1ccc(N2CCC(C(=O)Nc3ccc(Br)cc3F)CC2)nn1. The van der Waals surface area contributed by atoms with Gasteiger partial charge in [-0.1, -0.05) is 28.1 Å². The van der Waals surface area contributed by atoms with Crippen molar-refractivity contribution < 1.29 is 13.9 Å². The highest BCUT2D eigenvalue weighted by Crippen LogP contribution is 2.29. The summed E-state index contributed by atoms with van der Waals surface area (Å²) in [4.78, 5) is 14.7. The standard InChI is InChI=1S/C23H22BrFN4O2/c1-31-21-5-3-2-4-17(21)19-8-9-22(28-27-19)29-12-10-15(11-13-29)23(30)26-20-7-6-16(24)14-18(20)25/h2-9,14-15H,10-13H2,1H3,(H,26,30). The fourth-order valence-electron chi connectivity index (χ4n) is 3.69. The highest BCUT2D eigenvalue weighted by atomic mass is 79.9. The van der Waals surface area contributed by atoms with Crippen LogP contribution in [0.1, 0.15) is 12.8 Å². The van der Waals surface area contributed by atoms with E-state index >= 15 is 0 Å². The molecule has 1 aliphatic heterocycles. The van der Waals surface area contributed by atoms with Crippen LogP contribution >= 0.6 is 15.9 Å². The van der Waals surface area contributed by atoms with Crippen molar-refractivity contribution in [3.8, 4) is 17.0 Å². The monoisotopic (exact) mass is 484 g/mol. The van der Waals surface area contributed by atoms with Crippen LogP contribution in [0.3, 0.4) is 0 Å². The summed E-state index contributed by atoms with van der Waals surface area (Å²) >= 11 is 3.22. The first kappa shape index (κ1) is 21.2. The van der Waals surface area contributed by atoms with Crippen LogP contribution in [0.4, 0.5) is 15.9 Å². The van der Waals surface area contributed by atoms with E-state index in [1.165, 1.54) is 6.07 Å². The van der Waals surface area contributed by atoms with E-state index in [1.807, 2.05) is 36.4 Å². The number of aromatic nitrogens is 2. The Morgan fingerprint density at radius 2 is 1.90 bits per heavy atom. The van der Waals surface area contributed by atoms with E-state index in [4.69, 9.17) is 4.74 Å². The minimum atomic E-state index is -0.453. The van der Waals surface area contributed by atoms with Crippen LogP contribution in [0.5, 0.6) is 5.75 Å². The van der Waals surface area contributed by atoms with E-state index in [2.05, 4.69) is 36.3 Å². The summed E-state index contributed by atoms with van der Waals surface area (Å²) in [5.74, 6) is 0.749. The Kier molecular flexibility index (Phi) is 6.46. The van der Waals surface area contributed by atoms with Gasteiger partial charge >= 0.3 is 0 Å². The van der Waals surface area contributed by atoms with Gasteiger partial charge in [0.2, 0.25) is 5.91 Å². The van der Waals surface area contributed by atoms with Gasteiger partial charge in [-0.05, 0) is 55.3 Å².